The lowest BCUT2D eigenvalue weighted by Gasteiger charge is -2.20. The molecule has 1 atom stereocenters. The fourth-order valence-corrected chi connectivity index (χ4v) is 2.23. The summed E-state index contributed by atoms with van der Waals surface area (Å²) in [7, 11) is 0. The SMILES string of the molecule is O[C@]1(CNCc2cc(F)ccc2Br)CCOC1. The van der Waals surface area contributed by atoms with E-state index >= 15 is 0 Å². The van der Waals surface area contributed by atoms with E-state index in [2.05, 4.69) is 21.2 Å². The van der Waals surface area contributed by atoms with Gasteiger partial charge in [-0.15, -0.1) is 0 Å². The number of aliphatic hydroxyl groups is 1. The van der Waals surface area contributed by atoms with Crippen molar-refractivity contribution in [3.63, 3.8) is 0 Å². The van der Waals surface area contributed by atoms with E-state index in [1.807, 2.05) is 0 Å². The van der Waals surface area contributed by atoms with E-state index in [0.29, 0.717) is 32.7 Å². The van der Waals surface area contributed by atoms with Crippen LogP contribution in [0.25, 0.3) is 0 Å². The Bertz CT molecular complexity index is 394. The van der Waals surface area contributed by atoms with Gasteiger partial charge in [-0.2, -0.15) is 0 Å². The van der Waals surface area contributed by atoms with Gasteiger partial charge in [0.2, 0.25) is 0 Å². The minimum Gasteiger partial charge on any atom is -0.386 e. The molecule has 0 spiro atoms. The molecule has 1 aliphatic heterocycles. The molecule has 0 aromatic heterocycles. The van der Waals surface area contributed by atoms with Crippen molar-refractivity contribution in [1.82, 2.24) is 5.32 Å². The highest BCUT2D eigenvalue weighted by Gasteiger charge is 2.31. The summed E-state index contributed by atoms with van der Waals surface area (Å²) in [4.78, 5) is 0. The smallest absolute Gasteiger partial charge is 0.123 e. The standard InChI is InChI=1S/C12H15BrFNO2/c13-11-2-1-10(14)5-9(11)6-15-7-12(16)3-4-17-8-12/h1-2,5,15-16H,3-4,6-8H2/t12-/m0/s1. The first kappa shape index (κ1) is 13.0. The average Bonchev–Trinajstić information content (AvgIpc) is 2.71. The van der Waals surface area contributed by atoms with Crippen LogP contribution in [0.15, 0.2) is 22.7 Å². The fraction of sp³-hybridized carbons (Fsp3) is 0.500. The molecule has 17 heavy (non-hydrogen) atoms. The van der Waals surface area contributed by atoms with Crippen LogP contribution in [0.5, 0.6) is 0 Å². The molecule has 1 heterocycles. The Balaban J connectivity index is 1.87. The second kappa shape index (κ2) is 5.44. The maximum atomic E-state index is 13.0. The Kier molecular flexibility index (Phi) is 4.14. The van der Waals surface area contributed by atoms with Crippen LogP contribution in [0, 0.1) is 5.82 Å². The van der Waals surface area contributed by atoms with Gasteiger partial charge in [-0.1, -0.05) is 15.9 Å². The van der Waals surface area contributed by atoms with Crippen LogP contribution in [-0.2, 0) is 11.3 Å². The van der Waals surface area contributed by atoms with Gasteiger partial charge in [-0.25, -0.2) is 4.39 Å². The quantitative estimate of drug-likeness (QED) is 0.892. The summed E-state index contributed by atoms with van der Waals surface area (Å²) >= 11 is 3.36. The number of rotatable bonds is 4. The number of hydrogen-bond donors (Lipinski definition) is 2. The summed E-state index contributed by atoms with van der Waals surface area (Å²) in [6.07, 6.45) is 0.643. The second-order valence-corrected chi connectivity index (χ2v) is 5.22. The average molecular weight is 304 g/mol. The molecule has 0 radical (unpaired) electrons. The first-order valence-corrected chi connectivity index (χ1v) is 6.33. The molecule has 2 N–H and O–H groups in total. The second-order valence-electron chi connectivity index (χ2n) is 4.37. The number of hydrogen-bond acceptors (Lipinski definition) is 3. The molecule has 5 heteroatoms. The lowest BCUT2D eigenvalue weighted by Crippen LogP contribution is -2.40. The molecule has 1 aliphatic rings. The van der Waals surface area contributed by atoms with Crippen molar-refractivity contribution in [1.29, 1.82) is 0 Å². The van der Waals surface area contributed by atoms with Gasteiger partial charge in [0.05, 0.1) is 6.61 Å². The fourth-order valence-electron chi connectivity index (χ4n) is 1.84. The summed E-state index contributed by atoms with van der Waals surface area (Å²) in [5, 5.41) is 13.1. The molecule has 1 saturated heterocycles. The summed E-state index contributed by atoms with van der Waals surface area (Å²) in [5.41, 5.74) is 0.0623. The Labute approximate surface area is 108 Å². The lowest BCUT2D eigenvalue weighted by molar-refractivity contribution is 0.0268. The molecule has 3 nitrogen and oxygen atoms in total. The molecule has 1 aromatic rings. The maximum Gasteiger partial charge on any atom is 0.123 e. The van der Waals surface area contributed by atoms with Crippen molar-refractivity contribution in [2.45, 2.75) is 18.6 Å². The van der Waals surface area contributed by atoms with Gasteiger partial charge in [0, 0.05) is 30.6 Å². The number of halogens is 2. The Morgan fingerprint density at radius 1 is 1.53 bits per heavy atom. The highest BCUT2D eigenvalue weighted by molar-refractivity contribution is 9.10. The monoisotopic (exact) mass is 303 g/mol. The highest BCUT2D eigenvalue weighted by Crippen LogP contribution is 2.19. The van der Waals surface area contributed by atoms with Gasteiger partial charge in [-0.3, -0.25) is 0 Å². The predicted octanol–water partition coefficient (Wildman–Crippen LogP) is 1.83. The van der Waals surface area contributed by atoms with Gasteiger partial charge in [-0.05, 0) is 23.8 Å². The first-order chi connectivity index (χ1) is 8.09. The van der Waals surface area contributed by atoms with E-state index in [4.69, 9.17) is 4.74 Å². The molecular formula is C12H15BrFNO2. The van der Waals surface area contributed by atoms with E-state index in [1.54, 1.807) is 6.07 Å². The van der Waals surface area contributed by atoms with Crippen LogP contribution in [0.4, 0.5) is 4.39 Å². The normalized spacial score (nSPS) is 24.2. The van der Waals surface area contributed by atoms with Crippen molar-refractivity contribution in [3.8, 4) is 0 Å². The molecule has 0 amide bonds. The van der Waals surface area contributed by atoms with Gasteiger partial charge in [0.15, 0.2) is 0 Å². The van der Waals surface area contributed by atoms with E-state index in [1.165, 1.54) is 12.1 Å². The van der Waals surface area contributed by atoms with E-state index in [0.717, 1.165) is 10.0 Å². The zero-order valence-electron chi connectivity index (χ0n) is 9.38. The molecular weight excluding hydrogens is 289 g/mol. The van der Waals surface area contributed by atoms with E-state index < -0.39 is 5.60 Å². The number of nitrogens with one attached hydrogen (secondary N) is 1. The Morgan fingerprint density at radius 3 is 3.06 bits per heavy atom. The molecule has 1 aromatic carbocycles. The molecule has 0 bridgehead atoms. The number of benzene rings is 1. The third-order valence-electron chi connectivity index (χ3n) is 2.86. The summed E-state index contributed by atoms with van der Waals surface area (Å²) in [6, 6.07) is 4.57. The van der Waals surface area contributed by atoms with E-state index in [-0.39, 0.29) is 5.82 Å². The Morgan fingerprint density at radius 2 is 2.35 bits per heavy atom. The van der Waals surface area contributed by atoms with Crippen LogP contribution in [0.3, 0.4) is 0 Å². The molecule has 94 valence electrons. The van der Waals surface area contributed by atoms with Crippen molar-refractivity contribution in [3.05, 3.63) is 34.1 Å². The van der Waals surface area contributed by atoms with Crippen LogP contribution in [0.1, 0.15) is 12.0 Å². The zero-order valence-corrected chi connectivity index (χ0v) is 11.0. The first-order valence-electron chi connectivity index (χ1n) is 5.54. The molecule has 0 saturated carbocycles. The third-order valence-corrected chi connectivity index (χ3v) is 3.63. The van der Waals surface area contributed by atoms with Crippen molar-refractivity contribution in [2.24, 2.45) is 0 Å². The van der Waals surface area contributed by atoms with Crippen LogP contribution in [-0.4, -0.2) is 30.5 Å². The Hall–Kier alpha value is -0.490. The summed E-state index contributed by atoms with van der Waals surface area (Å²) in [5.74, 6) is -0.257. The van der Waals surface area contributed by atoms with Gasteiger partial charge in [0.1, 0.15) is 11.4 Å². The molecule has 0 aliphatic carbocycles. The molecule has 2 rings (SSSR count). The topological polar surface area (TPSA) is 41.5 Å². The third kappa shape index (κ3) is 3.48. The molecule has 0 unspecified atom stereocenters. The summed E-state index contributed by atoms with van der Waals surface area (Å²) in [6.45, 7) is 1.93. The van der Waals surface area contributed by atoms with Crippen LogP contribution in [0.2, 0.25) is 0 Å². The lowest BCUT2D eigenvalue weighted by atomic mass is 10.0. The van der Waals surface area contributed by atoms with Gasteiger partial charge in [0.25, 0.3) is 0 Å². The molecule has 1 fully saturated rings. The van der Waals surface area contributed by atoms with Crippen LogP contribution < -0.4 is 5.32 Å². The van der Waals surface area contributed by atoms with Gasteiger partial charge < -0.3 is 15.2 Å². The van der Waals surface area contributed by atoms with Crippen molar-refractivity contribution in [2.75, 3.05) is 19.8 Å². The minimum absolute atomic E-state index is 0.257. The highest BCUT2D eigenvalue weighted by atomic mass is 79.9. The minimum atomic E-state index is -0.778. The largest absolute Gasteiger partial charge is 0.386 e. The summed E-state index contributed by atoms with van der Waals surface area (Å²) < 4.78 is 19.0. The number of ether oxygens (including phenoxy) is 1. The van der Waals surface area contributed by atoms with Crippen molar-refractivity contribution < 1.29 is 14.2 Å². The maximum absolute atomic E-state index is 13.0. The predicted molar refractivity (Wildman–Crippen MR) is 66.2 cm³/mol. The van der Waals surface area contributed by atoms with Gasteiger partial charge >= 0.3 is 0 Å². The van der Waals surface area contributed by atoms with Crippen LogP contribution >= 0.6 is 15.9 Å². The van der Waals surface area contributed by atoms with Crippen molar-refractivity contribution >= 4 is 15.9 Å². The zero-order chi connectivity index (χ0) is 12.3. The van der Waals surface area contributed by atoms with E-state index in [9.17, 15) is 9.50 Å².